The Hall–Kier alpha value is -3.58. The minimum absolute atomic E-state index is 0.234. The topological polar surface area (TPSA) is 77.8 Å². The molecule has 1 heterocycles. The van der Waals surface area contributed by atoms with E-state index in [0.29, 0.717) is 33.9 Å². The van der Waals surface area contributed by atoms with E-state index in [2.05, 4.69) is 21.2 Å². The van der Waals surface area contributed by atoms with E-state index in [1.165, 1.54) is 14.2 Å². The maximum Gasteiger partial charge on any atom is 0.255 e. The number of aryl methyl sites for hydroxylation is 1. The lowest BCUT2D eigenvalue weighted by atomic mass is 10.0. The number of hydrogen-bond donors (Lipinski definition) is 1. The van der Waals surface area contributed by atoms with Crippen molar-refractivity contribution in [1.82, 2.24) is 0 Å². The van der Waals surface area contributed by atoms with Crippen LogP contribution in [0.1, 0.15) is 32.0 Å². The van der Waals surface area contributed by atoms with Crippen LogP contribution < -0.4 is 14.8 Å². The summed E-state index contributed by atoms with van der Waals surface area (Å²) in [6.45, 7) is 1.83. The van der Waals surface area contributed by atoms with Crippen LogP contribution in [-0.2, 0) is 0 Å². The molecule has 1 aromatic heterocycles. The first-order chi connectivity index (χ1) is 15.4. The summed E-state index contributed by atoms with van der Waals surface area (Å²) >= 11 is 3.36. The molecule has 6 nitrogen and oxygen atoms in total. The van der Waals surface area contributed by atoms with Crippen molar-refractivity contribution < 1.29 is 23.5 Å². The van der Waals surface area contributed by atoms with Gasteiger partial charge in [0.25, 0.3) is 5.91 Å². The van der Waals surface area contributed by atoms with Crippen molar-refractivity contribution in [3.8, 4) is 11.5 Å². The van der Waals surface area contributed by atoms with Gasteiger partial charge in [0.15, 0.2) is 17.3 Å². The smallest absolute Gasteiger partial charge is 0.255 e. The van der Waals surface area contributed by atoms with Gasteiger partial charge in [0.2, 0.25) is 5.78 Å². The number of rotatable bonds is 6. The molecule has 0 atom stereocenters. The summed E-state index contributed by atoms with van der Waals surface area (Å²) in [6, 6.07) is 17.4. The van der Waals surface area contributed by atoms with E-state index in [4.69, 9.17) is 13.9 Å². The fraction of sp³-hybridized carbons (Fsp3) is 0.120. The maximum absolute atomic E-state index is 13.1. The van der Waals surface area contributed by atoms with E-state index >= 15 is 0 Å². The minimum Gasteiger partial charge on any atom is -0.493 e. The van der Waals surface area contributed by atoms with E-state index in [9.17, 15) is 9.59 Å². The Morgan fingerprint density at radius 1 is 0.875 bits per heavy atom. The Kier molecular flexibility index (Phi) is 6.01. The standard InChI is InChI=1S/C25H20BrNO5/c1-14-19-10-9-18(27-25(29)15-4-7-17(26)8-5-15)13-21(19)32-24(14)23(28)16-6-11-20(30-2)22(12-16)31-3/h4-13H,1-3H3,(H,27,29). The Bertz CT molecular complexity index is 1320. The number of methoxy groups -OCH3 is 2. The average Bonchev–Trinajstić information content (AvgIpc) is 3.14. The Morgan fingerprint density at radius 2 is 1.56 bits per heavy atom. The molecular formula is C25H20BrNO5. The Labute approximate surface area is 193 Å². The fourth-order valence-corrected chi connectivity index (χ4v) is 3.70. The van der Waals surface area contributed by atoms with Gasteiger partial charge in [0, 0.05) is 38.3 Å². The van der Waals surface area contributed by atoms with Crippen molar-refractivity contribution in [3.63, 3.8) is 0 Å². The van der Waals surface area contributed by atoms with Gasteiger partial charge >= 0.3 is 0 Å². The molecule has 0 fully saturated rings. The molecule has 0 aliphatic rings. The zero-order chi connectivity index (χ0) is 22.8. The zero-order valence-electron chi connectivity index (χ0n) is 17.7. The summed E-state index contributed by atoms with van der Waals surface area (Å²) in [4.78, 5) is 25.6. The van der Waals surface area contributed by atoms with Crippen molar-refractivity contribution in [2.45, 2.75) is 6.92 Å². The quantitative estimate of drug-likeness (QED) is 0.333. The third-order valence-corrected chi connectivity index (χ3v) is 5.68. The van der Waals surface area contributed by atoms with E-state index < -0.39 is 0 Å². The van der Waals surface area contributed by atoms with E-state index in [1.54, 1.807) is 54.6 Å². The van der Waals surface area contributed by atoms with Crippen LogP contribution in [0.25, 0.3) is 11.0 Å². The first-order valence-corrected chi connectivity index (χ1v) is 10.6. The molecule has 32 heavy (non-hydrogen) atoms. The van der Waals surface area contributed by atoms with Crippen LogP contribution in [0.15, 0.2) is 69.6 Å². The van der Waals surface area contributed by atoms with Gasteiger partial charge in [0.05, 0.1) is 14.2 Å². The lowest BCUT2D eigenvalue weighted by molar-refractivity contribution is 0.101. The van der Waals surface area contributed by atoms with Crippen molar-refractivity contribution in [3.05, 3.63) is 87.6 Å². The molecule has 0 aliphatic carbocycles. The third-order valence-electron chi connectivity index (χ3n) is 5.15. The summed E-state index contributed by atoms with van der Waals surface area (Å²) in [5.74, 6) is 0.743. The molecular weight excluding hydrogens is 474 g/mol. The summed E-state index contributed by atoms with van der Waals surface area (Å²) in [6.07, 6.45) is 0. The van der Waals surface area contributed by atoms with Crippen LogP contribution in [0.2, 0.25) is 0 Å². The lowest BCUT2D eigenvalue weighted by Crippen LogP contribution is -2.11. The van der Waals surface area contributed by atoms with Crippen LogP contribution in [0.4, 0.5) is 5.69 Å². The third kappa shape index (κ3) is 4.11. The van der Waals surface area contributed by atoms with E-state index in [1.807, 2.05) is 13.0 Å². The van der Waals surface area contributed by atoms with E-state index in [0.717, 1.165) is 15.4 Å². The fourth-order valence-electron chi connectivity index (χ4n) is 3.43. The number of ether oxygens (including phenoxy) is 2. The van der Waals surface area contributed by atoms with Crippen molar-refractivity contribution >= 4 is 44.3 Å². The molecule has 0 bridgehead atoms. The number of fused-ring (bicyclic) bond motifs is 1. The normalized spacial score (nSPS) is 10.8. The number of benzene rings is 3. The van der Waals surface area contributed by atoms with Gasteiger partial charge in [-0.3, -0.25) is 9.59 Å². The van der Waals surface area contributed by atoms with Gasteiger partial charge in [-0.05, 0) is 61.5 Å². The van der Waals surface area contributed by atoms with Crippen LogP contribution in [-0.4, -0.2) is 25.9 Å². The molecule has 0 radical (unpaired) electrons. The van der Waals surface area contributed by atoms with E-state index in [-0.39, 0.29) is 17.5 Å². The molecule has 0 saturated carbocycles. The second-order valence-corrected chi connectivity index (χ2v) is 8.04. The van der Waals surface area contributed by atoms with Gasteiger partial charge < -0.3 is 19.2 Å². The molecule has 3 aromatic carbocycles. The molecule has 162 valence electrons. The second-order valence-electron chi connectivity index (χ2n) is 7.13. The monoisotopic (exact) mass is 493 g/mol. The Morgan fingerprint density at radius 3 is 2.25 bits per heavy atom. The van der Waals surface area contributed by atoms with Crippen LogP contribution in [0, 0.1) is 6.92 Å². The zero-order valence-corrected chi connectivity index (χ0v) is 19.3. The van der Waals surface area contributed by atoms with Crippen LogP contribution in [0.5, 0.6) is 11.5 Å². The van der Waals surface area contributed by atoms with Gasteiger partial charge in [0.1, 0.15) is 5.58 Å². The van der Waals surface area contributed by atoms with Crippen molar-refractivity contribution in [1.29, 1.82) is 0 Å². The number of amides is 1. The molecule has 0 aliphatic heterocycles. The molecule has 1 N–H and O–H groups in total. The number of ketones is 1. The van der Waals surface area contributed by atoms with Crippen molar-refractivity contribution in [2.75, 3.05) is 19.5 Å². The Balaban J connectivity index is 1.63. The predicted octanol–water partition coefficient (Wildman–Crippen LogP) is 6.00. The maximum atomic E-state index is 13.1. The van der Waals surface area contributed by atoms with Crippen molar-refractivity contribution in [2.24, 2.45) is 0 Å². The largest absolute Gasteiger partial charge is 0.493 e. The number of nitrogens with one attached hydrogen (secondary N) is 1. The van der Waals surface area contributed by atoms with Gasteiger partial charge in [-0.25, -0.2) is 0 Å². The molecule has 0 spiro atoms. The molecule has 0 unspecified atom stereocenters. The highest BCUT2D eigenvalue weighted by molar-refractivity contribution is 9.10. The number of halogens is 1. The number of carbonyl (C=O) groups excluding carboxylic acids is 2. The van der Waals surface area contributed by atoms with Gasteiger partial charge in [-0.15, -0.1) is 0 Å². The predicted molar refractivity (Wildman–Crippen MR) is 126 cm³/mol. The number of furan rings is 1. The minimum atomic E-state index is -0.264. The highest BCUT2D eigenvalue weighted by atomic mass is 79.9. The molecule has 1 amide bonds. The number of carbonyl (C=O) groups is 2. The second kappa shape index (κ2) is 8.88. The summed E-state index contributed by atoms with van der Waals surface area (Å²) in [5.41, 5.74) is 2.77. The first kappa shape index (κ1) is 21.6. The lowest BCUT2D eigenvalue weighted by Gasteiger charge is -2.08. The number of hydrogen-bond acceptors (Lipinski definition) is 5. The van der Waals surface area contributed by atoms with Gasteiger partial charge in [-0.2, -0.15) is 0 Å². The van der Waals surface area contributed by atoms with Crippen LogP contribution in [0.3, 0.4) is 0 Å². The average molecular weight is 494 g/mol. The summed E-state index contributed by atoms with van der Waals surface area (Å²) in [7, 11) is 3.05. The highest BCUT2D eigenvalue weighted by Crippen LogP contribution is 2.32. The SMILES string of the molecule is COc1ccc(C(=O)c2oc3cc(NC(=O)c4ccc(Br)cc4)ccc3c2C)cc1OC. The molecule has 7 heteroatoms. The van der Waals surface area contributed by atoms with Crippen LogP contribution >= 0.6 is 15.9 Å². The highest BCUT2D eigenvalue weighted by Gasteiger charge is 2.21. The first-order valence-electron chi connectivity index (χ1n) is 9.78. The molecule has 0 saturated heterocycles. The molecule has 4 rings (SSSR count). The molecule has 4 aromatic rings. The summed E-state index contributed by atoms with van der Waals surface area (Å²) < 4.78 is 17.3. The summed E-state index contributed by atoms with van der Waals surface area (Å²) in [5, 5.41) is 3.66. The number of anilines is 1. The van der Waals surface area contributed by atoms with Gasteiger partial charge in [-0.1, -0.05) is 15.9 Å².